The number of alkyl halides is 3. The molecule has 1 unspecified atom stereocenters. The summed E-state index contributed by atoms with van der Waals surface area (Å²) in [4.78, 5) is 0. The minimum atomic E-state index is -4.05. The van der Waals surface area contributed by atoms with E-state index < -0.39 is 12.6 Å². The molecule has 5 heteroatoms. The predicted molar refractivity (Wildman–Crippen MR) is 78.3 cm³/mol. The van der Waals surface area contributed by atoms with Crippen LogP contribution >= 0.6 is 0 Å². The lowest BCUT2D eigenvalue weighted by molar-refractivity contribution is -0.135. The molecule has 1 aromatic heterocycles. The molecule has 2 nitrogen and oxygen atoms in total. The number of fused-ring (bicyclic) bond motifs is 1. The van der Waals surface area contributed by atoms with Crippen LogP contribution in [0.2, 0.25) is 0 Å². The molecule has 0 bridgehead atoms. The summed E-state index contributed by atoms with van der Waals surface area (Å²) in [5.41, 5.74) is 2.61. The van der Waals surface area contributed by atoms with Crippen LogP contribution in [-0.4, -0.2) is 17.3 Å². The highest BCUT2D eigenvalue weighted by Gasteiger charge is 2.26. The second-order valence-electron chi connectivity index (χ2n) is 5.95. The molecule has 0 aromatic carbocycles. The summed E-state index contributed by atoms with van der Waals surface area (Å²) in [6.45, 7) is 3.59. The van der Waals surface area contributed by atoms with Gasteiger partial charge in [-0.3, -0.25) is 0 Å². The van der Waals surface area contributed by atoms with Crippen molar-refractivity contribution < 1.29 is 13.2 Å². The number of hydrogen-bond donors (Lipinski definition) is 1. The van der Waals surface area contributed by atoms with Gasteiger partial charge in [-0.25, -0.2) is 0 Å². The Balaban J connectivity index is 1.99. The minimum absolute atomic E-state index is 0.157. The van der Waals surface area contributed by atoms with Gasteiger partial charge in [0.25, 0.3) is 0 Å². The molecule has 1 heterocycles. The Bertz CT molecular complexity index is 437. The van der Waals surface area contributed by atoms with Crippen LogP contribution in [0.25, 0.3) is 0 Å². The highest BCUT2D eigenvalue weighted by molar-refractivity contribution is 5.29. The van der Waals surface area contributed by atoms with Crippen molar-refractivity contribution in [3.8, 4) is 0 Å². The summed E-state index contributed by atoms with van der Waals surface area (Å²) in [5.74, 6) is 0. The number of nitrogens with one attached hydrogen (secondary N) is 1. The van der Waals surface area contributed by atoms with E-state index in [9.17, 15) is 13.2 Å². The first-order valence-electron chi connectivity index (χ1n) is 7.98. The Hall–Kier alpha value is -0.970. The van der Waals surface area contributed by atoms with Gasteiger partial charge in [-0.1, -0.05) is 13.3 Å². The third kappa shape index (κ3) is 5.06. The van der Waals surface area contributed by atoms with Crippen LogP contribution < -0.4 is 5.32 Å². The zero-order valence-electron chi connectivity index (χ0n) is 12.7. The number of hydrogen-bond acceptors (Lipinski definition) is 1. The highest BCUT2D eigenvalue weighted by atomic mass is 19.4. The topological polar surface area (TPSA) is 17.0 Å². The molecule has 0 saturated carbocycles. The second-order valence-corrected chi connectivity index (χ2v) is 5.95. The van der Waals surface area contributed by atoms with Crippen LogP contribution in [0.4, 0.5) is 13.2 Å². The number of nitrogens with zero attached hydrogens (tertiary/aromatic N) is 1. The van der Waals surface area contributed by atoms with E-state index in [1.54, 1.807) is 0 Å². The van der Waals surface area contributed by atoms with Crippen LogP contribution in [0, 0.1) is 0 Å². The van der Waals surface area contributed by atoms with Gasteiger partial charge in [0, 0.05) is 31.4 Å². The second kappa shape index (κ2) is 7.34. The Morgan fingerprint density at radius 1 is 1.29 bits per heavy atom. The van der Waals surface area contributed by atoms with E-state index >= 15 is 0 Å². The van der Waals surface area contributed by atoms with Crippen molar-refractivity contribution in [2.24, 2.45) is 0 Å². The Morgan fingerprint density at radius 3 is 2.81 bits per heavy atom. The molecule has 1 aliphatic carbocycles. The average molecular weight is 302 g/mol. The maximum absolute atomic E-state index is 12.2. The molecule has 2 rings (SSSR count). The molecule has 0 fully saturated rings. The van der Waals surface area contributed by atoms with Crippen LogP contribution in [-0.2, 0) is 13.0 Å². The number of halogens is 3. The largest absolute Gasteiger partial charge is 0.389 e. The molecular weight excluding hydrogens is 277 g/mol. The number of rotatable bonds is 6. The fourth-order valence-electron chi connectivity index (χ4n) is 3.04. The zero-order chi connectivity index (χ0) is 15.3. The maximum Gasteiger partial charge on any atom is 0.389 e. The van der Waals surface area contributed by atoms with Crippen molar-refractivity contribution in [2.75, 3.05) is 6.54 Å². The number of aromatic nitrogens is 1. The molecule has 120 valence electrons. The van der Waals surface area contributed by atoms with Crippen molar-refractivity contribution in [3.63, 3.8) is 0 Å². The van der Waals surface area contributed by atoms with Crippen molar-refractivity contribution in [1.82, 2.24) is 9.88 Å². The lowest BCUT2D eigenvalue weighted by Crippen LogP contribution is -2.21. The van der Waals surface area contributed by atoms with Crippen LogP contribution in [0.3, 0.4) is 0 Å². The summed E-state index contributed by atoms with van der Waals surface area (Å²) in [6, 6.07) is 0.367. The van der Waals surface area contributed by atoms with Crippen LogP contribution in [0.5, 0.6) is 0 Å². The fraction of sp³-hybridized carbons (Fsp3) is 0.750. The smallest absolute Gasteiger partial charge is 0.354 e. The van der Waals surface area contributed by atoms with Gasteiger partial charge in [-0.2, -0.15) is 13.2 Å². The van der Waals surface area contributed by atoms with Crippen molar-refractivity contribution in [2.45, 2.75) is 70.6 Å². The Morgan fingerprint density at radius 2 is 2.10 bits per heavy atom. The highest BCUT2D eigenvalue weighted by Crippen LogP contribution is 2.30. The summed E-state index contributed by atoms with van der Waals surface area (Å²) in [5, 5.41) is 3.57. The van der Waals surface area contributed by atoms with E-state index in [0.717, 1.165) is 25.8 Å². The molecule has 21 heavy (non-hydrogen) atoms. The molecule has 0 spiro atoms. The molecule has 0 aliphatic heterocycles. The first kappa shape index (κ1) is 16.4. The van der Waals surface area contributed by atoms with E-state index in [2.05, 4.69) is 24.6 Å². The van der Waals surface area contributed by atoms with E-state index in [1.165, 1.54) is 24.0 Å². The van der Waals surface area contributed by atoms with Gasteiger partial charge < -0.3 is 9.88 Å². The van der Waals surface area contributed by atoms with Crippen molar-refractivity contribution >= 4 is 0 Å². The third-order valence-electron chi connectivity index (χ3n) is 4.08. The normalized spacial score (nSPS) is 19.3. The Labute approximate surface area is 124 Å². The summed E-state index contributed by atoms with van der Waals surface area (Å²) in [6.07, 6.45) is 5.17. The van der Waals surface area contributed by atoms with Crippen molar-refractivity contribution in [1.29, 1.82) is 0 Å². The summed E-state index contributed by atoms with van der Waals surface area (Å²) in [7, 11) is 0. The third-order valence-corrected chi connectivity index (χ3v) is 4.08. The molecule has 0 amide bonds. The van der Waals surface area contributed by atoms with Gasteiger partial charge in [0.15, 0.2) is 0 Å². The quantitative estimate of drug-likeness (QED) is 0.760. The maximum atomic E-state index is 12.2. The molecule has 1 N–H and O–H groups in total. The summed E-state index contributed by atoms with van der Waals surface area (Å²) < 4.78 is 38.6. The van der Waals surface area contributed by atoms with Gasteiger partial charge in [-0.15, -0.1) is 0 Å². The minimum Gasteiger partial charge on any atom is -0.354 e. The fourth-order valence-corrected chi connectivity index (χ4v) is 3.04. The van der Waals surface area contributed by atoms with Gasteiger partial charge in [0.05, 0.1) is 0 Å². The zero-order valence-corrected chi connectivity index (χ0v) is 12.7. The van der Waals surface area contributed by atoms with Gasteiger partial charge in [-0.05, 0) is 49.8 Å². The van der Waals surface area contributed by atoms with Gasteiger partial charge in [0.2, 0.25) is 0 Å². The molecular formula is C16H25F3N2. The molecule has 1 aromatic rings. The standard InChI is InChI=1S/C16H25F3N2/c1-2-9-20-15-7-4-3-6-13-11-21(12-14(13)15)10-5-8-16(17,18)19/h11-12,15,20H,2-10H2,1H3. The van der Waals surface area contributed by atoms with Crippen LogP contribution in [0.1, 0.15) is 62.6 Å². The first-order chi connectivity index (χ1) is 9.99. The van der Waals surface area contributed by atoms with Crippen molar-refractivity contribution in [3.05, 3.63) is 23.5 Å². The van der Waals surface area contributed by atoms with E-state index in [-0.39, 0.29) is 6.42 Å². The SMILES string of the molecule is CCCNC1CCCCc2cn(CCCC(F)(F)F)cc21. The summed E-state index contributed by atoms with van der Waals surface area (Å²) >= 11 is 0. The van der Waals surface area contributed by atoms with Gasteiger partial charge in [0.1, 0.15) is 0 Å². The monoisotopic (exact) mass is 302 g/mol. The predicted octanol–water partition coefficient (Wildman–Crippen LogP) is 4.60. The lowest BCUT2D eigenvalue weighted by atomic mass is 10.0. The first-order valence-corrected chi connectivity index (χ1v) is 7.98. The van der Waals surface area contributed by atoms with Crippen LogP contribution in [0.15, 0.2) is 12.4 Å². The molecule has 1 atom stereocenters. The van der Waals surface area contributed by atoms with E-state index in [0.29, 0.717) is 12.6 Å². The van der Waals surface area contributed by atoms with Gasteiger partial charge >= 0.3 is 6.18 Å². The van der Waals surface area contributed by atoms with E-state index in [4.69, 9.17) is 0 Å². The Kier molecular flexibility index (Phi) is 5.73. The van der Waals surface area contributed by atoms with E-state index in [1.807, 2.05) is 4.57 Å². The average Bonchev–Trinajstić information content (AvgIpc) is 2.71. The molecule has 0 saturated heterocycles. The molecule has 1 aliphatic rings. The lowest BCUT2D eigenvalue weighted by Gasteiger charge is -2.16. The number of aryl methyl sites for hydroxylation is 2. The molecule has 0 radical (unpaired) electrons.